The van der Waals surface area contributed by atoms with Gasteiger partial charge in [0.2, 0.25) is 5.92 Å². The second-order valence-corrected chi connectivity index (χ2v) is 13.4. The van der Waals surface area contributed by atoms with Gasteiger partial charge in [-0.2, -0.15) is 0 Å². The summed E-state index contributed by atoms with van der Waals surface area (Å²) in [6.45, 7) is 8.44. The van der Waals surface area contributed by atoms with E-state index in [2.05, 4.69) is 9.88 Å². The first-order valence-electron chi connectivity index (χ1n) is 14.9. The lowest BCUT2D eigenvalue weighted by molar-refractivity contribution is -0.186. The number of aryl methyl sites for hydroxylation is 1. The lowest BCUT2D eigenvalue weighted by Crippen LogP contribution is -2.53. The zero-order valence-corrected chi connectivity index (χ0v) is 26.8. The molecule has 1 saturated heterocycles. The molecule has 2 aromatic heterocycles. The fourth-order valence-electron chi connectivity index (χ4n) is 6.91. The molecule has 0 unspecified atom stereocenters. The summed E-state index contributed by atoms with van der Waals surface area (Å²) in [6, 6.07) is 7.06. The predicted octanol–water partition coefficient (Wildman–Crippen LogP) is 6.74. The fraction of sp³-hybridized carbons (Fsp3) is 0.545. The highest BCUT2D eigenvalue weighted by Gasteiger charge is 2.58. The number of alkyl halides is 2. The number of rotatable bonds is 6. The Hall–Kier alpha value is -3.73. The maximum absolute atomic E-state index is 14.3. The van der Waals surface area contributed by atoms with Crippen LogP contribution in [0.25, 0.3) is 10.9 Å². The summed E-state index contributed by atoms with van der Waals surface area (Å²) in [5, 5.41) is 0.855. The van der Waals surface area contributed by atoms with Crippen LogP contribution >= 0.6 is 0 Å². The molecule has 9 nitrogen and oxygen atoms in total. The van der Waals surface area contributed by atoms with Crippen LogP contribution in [0.15, 0.2) is 30.5 Å². The van der Waals surface area contributed by atoms with Crippen LogP contribution in [0, 0.1) is 12.3 Å². The van der Waals surface area contributed by atoms with Crippen LogP contribution in [-0.4, -0.2) is 72.9 Å². The van der Waals surface area contributed by atoms with Gasteiger partial charge in [0.1, 0.15) is 17.2 Å². The monoisotopic (exact) mass is 612 g/mol. The van der Waals surface area contributed by atoms with Gasteiger partial charge >= 0.3 is 12.1 Å². The first kappa shape index (κ1) is 31.7. The van der Waals surface area contributed by atoms with Crippen molar-refractivity contribution in [1.29, 1.82) is 0 Å². The largest absolute Gasteiger partial charge is 0.496 e. The number of hydrogen-bond acceptors (Lipinski definition) is 8. The molecule has 0 amide bonds. The summed E-state index contributed by atoms with van der Waals surface area (Å²) in [5.41, 5.74) is 2.39. The molecule has 1 spiro atoms. The van der Waals surface area contributed by atoms with E-state index in [0.29, 0.717) is 37.5 Å². The Bertz CT molecular complexity index is 1580. The number of fused-ring (bicyclic) bond motifs is 1. The quantitative estimate of drug-likeness (QED) is 0.283. The van der Waals surface area contributed by atoms with Crippen molar-refractivity contribution < 1.29 is 32.6 Å². The molecule has 1 saturated carbocycles. The lowest BCUT2D eigenvalue weighted by atomic mass is 9.59. The maximum atomic E-state index is 14.3. The highest BCUT2D eigenvalue weighted by atomic mass is 19.3. The number of anilines is 1. The van der Waals surface area contributed by atoms with Crippen molar-refractivity contribution in [2.75, 3.05) is 39.8 Å². The maximum Gasteiger partial charge on any atom is 0.419 e. The fourth-order valence-corrected chi connectivity index (χ4v) is 6.91. The Morgan fingerprint density at radius 3 is 2.43 bits per heavy atom. The molecule has 0 N–H and O–H groups in total. The molecule has 3 heterocycles. The molecule has 11 heteroatoms. The highest BCUT2D eigenvalue weighted by molar-refractivity contribution is 5.95. The standard InChI is InChI=1S/C33H42F2N4O5/c1-20-15-26(42-7)23(21-11-13-39(27(20)21)30(41)44-31(2,3)4)17-38-14-12-32(18-33(34,35)19-32)16-25(38)22-9-10-24(29(40)43-8)36-28(22)37(5)6/h9-11,13,15,25H,12,14,16-19H2,1-8H3/t25-/m1/s1. The van der Waals surface area contributed by atoms with Crippen LogP contribution in [0.2, 0.25) is 0 Å². The Kier molecular flexibility index (Phi) is 8.15. The van der Waals surface area contributed by atoms with Crippen LogP contribution < -0.4 is 9.64 Å². The van der Waals surface area contributed by atoms with Crippen LogP contribution in [0.4, 0.5) is 19.4 Å². The van der Waals surface area contributed by atoms with Gasteiger partial charge in [-0.25, -0.2) is 23.4 Å². The third-order valence-electron chi connectivity index (χ3n) is 8.75. The van der Waals surface area contributed by atoms with Gasteiger partial charge < -0.3 is 19.1 Å². The molecule has 1 atom stereocenters. The molecule has 1 aliphatic heterocycles. The van der Waals surface area contributed by atoms with E-state index in [1.165, 1.54) is 11.7 Å². The van der Waals surface area contributed by atoms with Crippen molar-refractivity contribution in [3.05, 3.63) is 52.8 Å². The van der Waals surface area contributed by atoms with Crippen molar-refractivity contribution in [3.63, 3.8) is 0 Å². The number of pyridine rings is 1. The lowest BCUT2D eigenvalue weighted by Gasteiger charge is -2.55. The third kappa shape index (κ3) is 5.98. The average Bonchev–Trinajstić information content (AvgIpc) is 3.39. The minimum atomic E-state index is -2.65. The van der Waals surface area contributed by atoms with E-state index in [0.717, 1.165) is 27.6 Å². The molecule has 44 heavy (non-hydrogen) atoms. The van der Waals surface area contributed by atoms with E-state index < -0.39 is 29.0 Å². The van der Waals surface area contributed by atoms with Crippen molar-refractivity contribution in [1.82, 2.24) is 14.5 Å². The number of halogens is 2. The molecule has 238 valence electrons. The number of nitrogens with zero attached hydrogens (tertiary/aromatic N) is 4. The van der Waals surface area contributed by atoms with E-state index in [-0.39, 0.29) is 24.6 Å². The van der Waals surface area contributed by atoms with E-state index in [1.54, 1.807) is 19.4 Å². The summed E-state index contributed by atoms with van der Waals surface area (Å²) in [4.78, 5) is 34.2. The molecule has 5 rings (SSSR count). The van der Waals surface area contributed by atoms with Gasteiger partial charge in [0, 0.05) is 62.2 Å². The Balaban J connectivity index is 1.59. The van der Waals surface area contributed by atoms with E-state index in [9.17, 15) is 18.4 Å². The first-order valence-corrected chi connectivity index (χ1v) is 14.9. The zero-order chi connectivity index (χ0) is 32.2. The van der Waals surface area contributed by atoms with Crippen molar-refractivity contribution in [2.24, 2.45) is 5.41 Å². The predicted molar refractivity (Wildman–Crippen MR) is 164 cm³/mol. The van der Waals surface area contributed by atoms with Crippen molar-refractivity contribution in [3.8, 4) is 5.75 Å². The SMILES string of the molecule is COC(=O)c1ccc([C@H]2CC3(CCN2Cc2c(OC)cc(C)c4c2ccn4C(=O)OC(C)(C)C)CC(F)(F)C3)c(N(C)C)n1. The molecule has 1 aliphatic carbocycles. The first-order chi connectivity index (χ1) is 20.6. The molecular formula is C33H42F2N4O5. The van der Waals surface area contributed by atoms with Gasteiger partial charge in [0.25, 0.3) is 0 Å². The normalized spacial score (nSPS) is 19.5. The summed E-state index contributed by atoms with van der Waals surface area (Å²) in [5.74, 6) is -1.93. The van der Waals surface area contributed by atoms with Crippen LogP contribution in [0.3, 0.4) is 0 Å². The molecule has 3 aromatic rings. The highest BCUT2D eigenvalue weighted by Crippen LogP contribution is 2.61. The van der Waals surface area contributed by atoms with Gasteiger partial charge in [0.05, 0.1) is 19.7 Å². The van der Waals surface area contributed by atoms with Gasteiger partial charge in [-0.05, 0) is 76.3 Å². The number of benzene rings is 1. The molecular weight excluding hydrogens is 570 g/mol. The third-order valence-corrected chi connectivity index (χ3v) is 8.75. The van der Waals surface area contributed by atoms with Crippen LogP contribution in [0.5, 0.6) is 5.75 Å². The number of methoxy groups -OCH3 is 2. The van der Waals surface area contributed by atoms with Gasteiger partial charge in [-0.3, -0.25) is 9.47 Å². The number of hydrogen-bond donors (Lipinski definition) is 0. The van der Waals surface area contributed by atoms with Gasteiger partial charge in [0.15, 0.2) is 5.69 Å². The minimum absolute atomic E-state index is 0.133. The van der Waals surface area contributed by atoms with Crippen molar-refractivity contribution >= 4 is 28.8 Å². The van der Waals surface area contributed by atoms with Crippen LogP contribution in [0.1, 0.15) is 79.7 Å². The summed E-state index contributed by atoms with van der Waals surface area (Å²) >= 11 is 0. The number of likely N-dealkylation sites (tertiary alicyclic amines) is 1. The average molecular weight is 613 g/mol. The minimum Gasteiger partial charge on any atom is -0.496 e. The number of aromatic nitrogens is 2. The Morgan fingerprint density at radius 2 is 1.84 bits per heavy atom. The summed E-state index contributed by atoms with van der Waals surface area (Å²) in [6.07, 6.45) is 2.15. The number of piperidine rings is 1. The summed E-state index contributed by atoms with van der Waals surface area (Å²) in [7, 11) is 6.62. The van der Waals surface area contributed by atoms with Gasteiger partial charge in [-0.1, -0.05) is 6.07 Å². The number of carbonyl (C=O) groups excluding carboxylic acids is 2. The Morgan fingerprint density at radius 1 is 1.14 bits per heavy atom. The molecule has 0 bridgehead atoms. The van der Waals surface area contributed by atoms with Crippen molar-refractivity contribution in [2.45, 2.75) is 77.5 Å². The molecule has 2 aliphatic rings. The van der Waals surface area contributed by atoms with Gasteiger partial charge in [-0.15, -0.1) is 0 Å². The van der Waals surface area contributed by atoms with Crippen LogP contribution in [-0.2, 0) is 16.0 Å². The van der Waals surface area contributed by atoms with E-state index in [4.69, 9.17) is 14.2 Å². The Labute approximate surface area is 257 Å². The number of carbonyl (C=O) groups is 2. The molecule has 1 aromatic carbocycles. The smallest absolute Gasteiger partial charge is 0.419 e. The second kappa shape index (κ2) is 11.3. The van der Waals surface area contributed by atoms with E-state index >= 15 is 0 Å². The summed E-state index contributed by atoms with van der Waals surface area (Å²) < 4.78 is 46.5. The zero-order valence-electron chi connectivity index (χ0n) is 26.8. The second-order valence-electron chi connectivity index (χ2n) is 13.4. The molecule has 2 fully saturated rings. The molecule has 0 radical (unpaired) electrons. The topological polar surface area (TPSA) is 86.1 Å². The van der Waals surface area contributed by atoms with E-state index in [1.807, 2.05) is 64.9 Å². The number of ether oxygens (including phenoxy) is 3. The number of esters is 1.